The lowest BCUT2D eigenvalue weighted by molar-refractivity contribution is -0.138. The van der Waals surface area contributed by atoms with Crippen molar-refractivity contribution in [2.24, 2.45) is 0 Å². The van der Waals surface area contributed by atoms with Gasteiger partial charge in [-0.1, -0.05) is 25.5 Å². The van der Waals surface area contributed by atoms with E-state index in [-0.39, 0.29) is 17.9 Å². The van der Waals surface area contributed by atoms with Gasteiger partial charge in [-0.3, -0.25) is 0 Å². The molecule has 0 aliphatic rings. The van der Waals surface area contributed by atoms with Gasteiger partial charge < -0.3 is 14.6 Å². The van der Waals surface area contributed by atoms with Crippen LogP contribution in [0.4, 0.5) is 0 Å². The Morgan fingerprint density at radius 3 is 2.48 bits per heavy atom. The lowest BCUT2D eigenvalue weighted by atomic mass is 10.2. The molecule has 1 N–H and O–H groups in total. The van der Waals surface area contributed by atoms with Crippen LogP contribution in [0.1, 0.15) is 30.1 Å². The van der Waals surface area contributed by atoms with Crippen LogP contribution in [-0.4, -0.2) is 29.6 Å². The van der Waals surface area contributed by atoms with Gasteiger partial charge >= 0.3 is 17.9 Å². The Morgan fingerprint density at radius 2 is 1.81 bits per heavy atom. The third-order valence-electron chi connectivity index (χ3n) is 2.43. The van der Waals surface area contributed by atoms with Gasteiger partial charge in [0.2, 0.25) is 0 Å². The van der Waals surface area contributed by atoms with Crippen molar-refractivity contribution >= 4 is 17.9 Å². The summed E-state index contributed by atoms with van der Waals surface area (Å²) >= 11 is 0. The first-order valence-corrected chi connectivity index (χ1v) is 6.43. The highest BCUT2D eigenvalue weighted by atomic mass is 16.5. The summed E-state index contributed by atoms with van der Waals surface area (Å²) < 4.78 is 9.69. The number of hydrogen-bond acceptors (Lipinski definition) is 5. The van der Waals surface area contributed by atoms with E-state index in [1.807, 2.05) is 6.92 Å². The van der Waals surface area contributed by atoms with E-state index in [9.17, 15) is 14.4 Å². The Labute approximate surface area is 122 Å². The molecule has 6 heteroatoms. The van der Waals surface area contributed by atoms with Gasteiger partial charge in [0.25, 0.3) is 0 Å². The number of carbonyl (C=O) groups is 3. The monoisotopic (exact) mass is 292 g/mol. The minimum atomic E-state index is -1.21. The first-order valence-electron chi connectivity index (χ1n) is 6.43. The molecule has 112 valence electrons. The van der Waals surface area contributed by atoms with Gasteiger partial charge in [-0.2, -0.15) is 0 Å². The first kappa shape index (κ1) is 16.4. The van der Waals surface area contributed by atoms with Crippen molar-refractivity contribution in [2.75, 3.05) is 6.61 Å². The van der Waals surface area contributed by atoms with Gasteiger partial charge in [-0.25, -0.2) is 14.4 Å². The number of hydrogen-bond donors (Lipinski definition) is 1. The van der Waals surface area contributed by atoms with Gasteiger partial charge in [-0.15, -0.1) is 0 Å². The van der Waals surface area contributed by atoms with Crippen LogP contribution in [0.25, 0.3) is 0 Å². The highest BCUT2D eigenvalue weighted by Gasteiger charge is 2.12. The van der Waals surface area contributed by atoms with Crippen molar-refractivity contribution in [3.05, 3.63) is 42.0 Å². The standard InChI is InChI=1S/C15H16O6/c1-2-3-10-20-13(16)8-9-14(17)21-12-7-5-4-6-11(12)15(18)19/h4-9H,2-3,10H2,1H3,(H,18,19)/b9-8+. The van der Waals surface area contributed by atoms with E-state index in [1.165, 1.54) is 24.3 Å². The zero-order chi connectivity index (χ0) is 15.7. The second-order valence-electron chi connectivity index (χ2n) is 4.08. The van der Waals surface area contributed by atoms with E-state index in [1.54, 1.807) is 0 Å². The van der Waals surface area contributed by atoms with Crippen LogP contribution in [0.2, 0.25) is 0 Å². The highest BCUT2D eigenvalue weighted by molar-refractivity contribution is 5.95. The average Bonchev–Trinajstić information content (AvgIpc) is 2.46. The quantitative estimate of drug-likeness (QED) is 0.358. The van der Waals surface area contributed by atoms with Gasteiger partial charge in [0.15, 0.2) is 0 Å². The molecule has 0 bridgehead atoms. The maximum Gasteiger partial charge on any atom is 0.339 e. The molecule has 1 aromatic carbocycles. The topological polar surface area (TPSA) is 89.9 Å². The molecule has 1 rings (SSSR count). The molecule has 0 aliphatic heterocycles. The molecule has 0 amide bonds. The summed E-state index contributed by atoms with van der Waals surface area (Å²) in [6, 6.07) is 5.72. The molecule has 0 atom stereocenters. The zero-order valence-electron chi connectivity index (χ0n) is 11.6. The third kappa shape index (κ3) is 5.90. The Hall–Kier alpha value is -2.63. The Bertz CT molecular complexity index is 547. The summed E-state index contributed by atoms with van der Waals surface area (Å²) in [5, 5.41) is 8.93. The van der Waals surface area contributed by atoms with Crippen molar-refractivity contribution in [1.29, 1.82) is 0 Å². The SMILES string of the molecule is CCCCOC(=O)/C=C/C(=O)Oc1ccccc1C(=O)O. The van der Waals surface area contributed by atoms with Crippen LogP contribution in [0.5, 0.6) is 5.75 Å². The Balaban J connectivity index is 2.58. The minimum absolute atomic E-state index is 0.0843. The molecule has 0 spiro atoms. The third-order valence-corrected chi connectivity index (χ3v) is 2.43. The largest absolute Gasteiger partial charge is 0.478 e. The van der Waals surface area contributed by atoms with Crippen molar-refractivity contribution in [1.82, 2.24) is 0 Å². The van der Waals surface area contributed by atoms with Crippen molar-refractivity contribution in [2.45, 2.75) is 19.8 Å². The smallest absolute Gasteiger partial charge is 0.339 e. The van der Waals surface area contributed by atoms with Crippen LogP contribution < -0.4 is 4.74 Å². The van der Waals surface area contributed by atoms with E-state index >= 15 is 0 Å². The number of carboxylic acid groups (broad SMARTS) is 1. The molecule has 21 heavy (non-hydrogen) atoms. The van der Waals surface area contributed by atoms with Crippen LogP contribution in [0, 0.1) is 0 Å². The summed E-state index contributed by atoms with van der Waals surface area (Å²) in [7, 11) is 0. The van der Waals surface area contributed by atoms with E-state index in [4.69, 9.17) is 14.6 Å². The van der Waals surface area contributed by atoms with E-state index in [2.05, 4.69) is 0 Å². The summed E-state index contributed by atoms with van der Waals surface area (Å²) in [6.45, 7) is 2.25. The van der Waals surface area contributed by atoms with Gasteiger partial charge in [0.1, 0.15) is 11.3 Å². The number of carboxylic acids is 1. The molecule has 0 radical (unpaired) electrons. The fourth-order valence-electron chi connectivity index (χ4n) is 1.38. The molecule has 0 aliphatic carbocycles. The number of carbonyl (C=O) groups excluding carboxylic acids is 2. The molecule has 0 fully saturated rings. The molecule has 0 aromatic heterocycles. The summed E-state index contributed by atoms with van der Waals surface area (Å²) in [4.78, 5) is 33.7. The molecule has 0 heterocycles. The predicted octanol–water partition coefficient (Wildman–Crippen LogP) is 2.19. The number of rotatable bonds is 7. The molecule has 0 unspecified atom stereocenters. The second-order valence-corrected chi connectivity index (χ2v) is 4.08. The molecule has 6 nitrogen and oxygen atoms in total. The second kappa shape index (κ2) is 8.52. The molecular formula is C15H16O6. The van der Waals surface area contributed by atoms with Crippen LogP contribution in [-0.2, 0) is 14.3 Å². The summed E-state index contributed by atoms with van der Waals surface area (Å²) in [5.41, 5.74) is -0.134. The summed E-state index contributed by atoms with van der Waals surface area (Å²) in [6.07, 6.45) is 3.48. The number of para-hydroxylation sites is 1. The Kier molecular flexibility index (Phi) is 6.67. The molecule has 1 aromatic rings. The van der Waals surface area contributed by atoms with Crippen LogP contribution in [0.3, 0.4) is 0 Å². The lowest BCUT2D eigenvalue weighted by Crippen LogP contribution is -2.09. The number of ether oxygens (including phenoxy) is 2. The van der Waals surface area contributed by atoms with Crippen LogP contribution in [0.15, 0.2) is 36.4 Å². The normalized spacial score (nSPS) is 10.3. The number of unbranched alkanes of at least 4 members (excludes halogenated alkanes) is 1. The lowest BCUT2D eigenvalue weighted by Gasteiger charge is -2.04. The minimum Gasteiger partial charge on any atom is -0.478 e. The molecule has 0 saturated carbocycles. The van der Waals surface area contributed by atoms with E-state index in [0.717, 1.165) is 25.0 Å². The van der Waals surface area contributed by atoms with Crippen molar-refractivity contribution in [3.63, 3.8) is 0 Å². The first-order chi connectivity index (χ1) is 10.0. The molecular weight excluding hydrogens is 276 g/mol. The predicted molar refractivity (Wildman–Crippen MR) is 74.0 cm³/mol. The van der Waals surface area contributed by atoms with Gasteiger partial charge in [0.05, 0.1) is 6.61 Å². The van der Waals surface area contributed by atoms with E-state index < -0.39 is 17.9 Å². The number of benzene rings is 1. The Morgan fingerprint density at radius 1 is 1.14 bits per heavy atom. The highest BCUT2D eigenvalue weighted by Crippen LogP contribution is 2.17. The van der Waals surface area contributed by atoms with Gasteiger partial charge in [-0.05, 0) is 18.6 Å². The van der Waals surface area contributed by atoms with Crippen molar-refractivity contribution in [3.8, 4) is 5.75 Å². The maximum absolute atomic E-state index is 11.5. The summed E-state index contributed by atoms with van der Waals surface area (Å²) in [5.74, 6) is -2.79. The maximum atomic E-state index is 11.5. The number of esters is 2. The fourth-order valence-corrected chi connectivity index (χ4v) is 1.38. The van der Waals surface area contributed by atoms with E-state index in [0.29, 0.717) is 0 Å². The zero-order valence-corrected chi connectivity index (χ0v) is 11.6. The molecule has 0 saturated heterocycles. The average molecular weight is 292 g/mol. The van der Waals surface area contributed by atoms with Crippen LogP contribution >= 0.6 is 0 Å². The van der Waals surface area contributed by atoms with Gasteiger partial charge in [0, 0.05) is 12.2 Å². The fraction of sp³-hybridized carbons (Fsp3) is 0.267. The number of aromatic carboxylic acids is 1. The van der Waals surface area contributed by atoms with Crippen molar-refractivity contribution < 1.29 is 29.0 Å².